The zero-order chi connectivity index (χ0) is 21.5. The van der Waals surface area contributed by atoms with Gasteiger partial charge in [-0.3, -0.25) is 4.79 Å². The highest BCUT2D eigenvalue weighted by Crippen LogP contribution is 2.30. The summed E-state index contributed by atoms with van der Waals surface area (Å²) in [5, 5.41) is 9.09. The third kappa shape index (κ3) is 5.15. The number of carbonyl (C=O) groups is 1. The molecular weight excluding hydrogens is 385 g/mol. The number of carboxylic acids is 1. The van der Waals surface area contributed by atoms with Gasteiger partial charge < -0.3 is 20.3 Å². The molecule has 5 nitrogen and oxygen atoms in total. The summed E-state index contributed by atoms with van der Waals surface area (Å²) >= 11 is 0. The Morgan fingerprint density at radius 3 is 2.53 bits per heavy atom. The number of hydrogen-bond donors (Lipinski definition) is 2. The Kier molecular flexibility index (Phi) is 7.03. The molecule has 156 valence electrons. The molecule has 0 spiro atoms. The van der Waals surface area contributed by atoms with Gasteiger partial charge in [0.05, 0.1) is 13.0 Å². The fraction of sp³-hybridized carbons (Fsp3) is 0.208. The second kappa shape index (κ2) is 9.89. The summed E-state index contributed by atoms with van der Waals surface area (Å²) in [6.45, 7) is 2.64. The first-order chi connectivity index (χ1) is 14.5. The molecule has 0 fully saturated rings. The van der Waals surface area contributed by atoms with Crippen molar-refractivity contribution in [2.24, 2.45) is 5.73 Å². The van der Waals surface area contributed by atoms with E-state index in [1.807, 2.05) is 19.1 Å². The molecule has 3 aromatic rings. The summed E-state index contributed by atoms with van der Waals surface area (Å²) in [4.78, 5) is 11.1. The highest BCUT2D eigenvalue weighted by molar-refractivity contribution is 5.71. The molecule has 0 unspecified atom stereocenters. The number of benzene rings is 3. The van der Waals surface area contributed by atoms with Crippen LogP contribution in [0.25, 0.3) is 11.1 Å². The third-order valence-electron chi connectivity index (χ3n) is 4.60. The Morgan fingerprint density at radius 1 is 1.03 bits per heavy atom. The Morgan fingerprint density at radius 2 is 1.80 bits per heavy atom. The van der Waals surface area contributed by atoms with Gasteiger partial charge in [-0.25, -0.2) is 4.39 Å². The predicted octanol–water partition coefficient (Wildman–Crippen LogP) is 4.56. The van der Waals surface area contributed by atoms with E-state index in [0.717, 1.165) is 5.56 Å². The summed E-state index contributed by atoms with van der Waals surface area (Å²) in [5.41, 5.74) is 8.54. The number of aliphatic carboxylic acids is 1. The molecule has 0 saturated heterocycles. The number of halogens is 1. The van der Waals surface area contributed by atoms with E-state index >= 15 is 0 Å². The van der Waals surface area contributed by atoms with Crippen molar-refractivity contribution in [3.8, 4) is 22.6 Å². The van der Waals surface area contributed by atoms with E-state index in [-0.39, 0.29) is 25.4 Å². The van der Waals surface area contributed by atoms with Crippen LogP contribution in [0.15, 0.2) is 60.7 Å². The zero-order valence-electron chi connectivity index (χ0n) is 16.7. The van der Waals surface area contributed by atoms with Gasteiger partial charge in [-0.2, -0.15) is 0 Å². The molecule has 3 rings (SSSR count). The van der Waals surface area contributed by atoms with Gasteiger partial charge in [0.15, 0.2) is 0 Å². The number of carboxylic acid groups (broad SMARTS) is 1. The molecule has 6 heteroatoms. The van der Waals surface area contributed by atoms with Gasteiger partial charge in [0.25, 0.3) is 0 Å². The van der Waals surface area contributed by atoms with E-state index in [9.17, 15) is 9.18 Å². The van der Waals surface area contributed by atoms with Crippen LogP contribution >= 0.6 is 0 Å². The van der Waals surface area contributed by atoms with E-state index < -0.39 is 5.97 Å². The summed E-state index contributed by atoms with van der Waals surface area (Å²) < 4.78 is 26.4. The first-order valence-corrected chi connectivity index (χ1v) is 9.69. The molecular formula is C24H24FNO4. The van der Waals surface area contributed by atoms with Crippen LogP contribution in [0.5, 0.6) is 11.5 Å². The minimum absolute atomic E-state index is 0.112. The maximum Gasteiger partial charge on any atom is 0.307 e. The van der Waals surface area contributed by atoms with Crippen LogP contribution < -0.4 is 15.2 Å². The predicted molar refractivity (Wildman–Crippen MR) is 113 cm³/mol. The first-order valence-electron chi connectivity index (χ1n) is 9.69. The zero-order valence-corrected chi connectivity index (χ0v) is 16.7. The molecule has 0 radical (unpaired) electrons. The normalized spacial score (nSPS) is 10.6. The first kappa shape index (κ1) is 21.3. The Balaban J connectivity index is 1.92. The largest absolute Gasteiger partial charge is 0.494 e. The summed E-state index contributed by atoms with van der Waals surface area (Å²) in [6, 6.07) is 17.6. The molecule has 0 atom stereocenters. The average molecular weight is 409 g/mol. The standard InChI is InChI=1S/C24H24FNO4/c1-2-29-20-11-16(15-30-22-9-4-3-6-17(22)13-23(27)28)10-19(12-20)21-8-5-7-18(14-26)24(21)25/h3-12H,2,13-15,26H2,1H3,(H,27,28). The fourth-order valence-corrected chi connectivity index (χ4v) is 3.22. The number of nitrogens with two attached hydrogens (primary N) is 1. The maximum absolute atomic E-state index is 14.8. The van der Waals surface area contributed by atoms with Crippen molar-refractivity contribution in [2.75, 3.05) is 6.61 Å². The molecule has 0 aliphatic rings. The van der Waals surface area contributed by atoms with E-state index in [1.54, 1.807) is 48.5 Å². The van der Waals surface area contributed by atoms with Gasteiger partial charge in [-0.1, -0.05) is 36.4 Å². The minimum Gasteiger partial charge on any atom is -0.494 e. The van der Waals surface area contributed by atoms with E-state index in [4.69, 9.17) is 20.3 Å². The van der Waals surface area contributed by atoms with E-state index in [2.05, 4.69) is 0 Å². The van der Waals surface area contributed by atoms with Crippen LogP contribution in [0.4, 0.5) is 4.39 Å². The van der Waals surface area contributed by atoms with Crippen molar-refractivity contribution >= 4 is 5.97 Å². The number of hydrogen-bond acceptors (Lipinski definition) is 4. The quantitative estimate of drug-likeness (QED) is 0.542. The monoisotopic (exact) mass is 409 g/mol. The highest BCUT2D eigenvalue weighted by Gasteiger charge is 2.13. The Labute approximate surface area is 174 Å². The third-order valence-corrected chi connectivity index (χ3v) is 4.60. The van der Waals surface area contributed by atoms with Crippen LogP contribution in [-0.2, 0) is 24.4 Å². The van der Waals surface area contributed by atoms with Crippen LogP contribution in [0.1, 0.15) is 23.6 Å². The molecule has 0 saturated carbocycles. The lowest BCUT2D eigenvalue weighted by molar-refractivity contribution is -0.136. The van der Waals surface area contributed by atoms with Crippen molar-refractivity contribution in [3.63, 3.8) is 0 Å². The van der Waals surface area contributed by atoms with Gasteiger partial charge in [0.2, 0.25) is 0 Å². The topological polar surface area (TPSA) is 81.8 Å². The molecule has 0 amide bonds. The second-order valence-corrected chi connectivity index (χ2v) is 6.75. The second-order valence-electron chi connectivity index (χ2n) is 6.75. The molecule has 0 aliphatic carbocycles. The lowest BCUT2D eigenvalue weighted by Crippen LogP contribution is -2.05. The minimum atomic E-state index is -0.929. The summed E-state index contributed by atoms with van der Waals surface area (Å²) in [5.74, 6) is -0.182. The number of rotatable bonds is 9. The van der Waals surface area contributed by atoms with Gasteiger partial charge >= 0.3 is 5.97 Å². The van der Waals surface area contributed by atoms with Gasteiger partial charge in [0.1, 0.15) is 23.9 Å². The van der Waals surface area contributed by atoms with Gasteiger partial charge in [-0.05, 0) is 42.3 Å². The highest BCUT2D eigenvalue weighted by atomic mass is 19.1. The Bertz CT molecular complexity index is 1040. The molecule has 0 bridgehead atoms. The van der Waals surface area contributed by atoms with Crippen LogP contribution in [0, 0.1) is 5.82 Å². The number of ether oxygens (including phenoxy) is 2. The average Bonchev–Trinajstić information content (AvgIpc) is 2.73. The van der Waals surface area contributed by atoms with Crippen molar-refractivity contribution in [2.45, 2.75) is 26.5 Å². The summed E-state index contributed by atoms with van der Waals surface area (Å²) in [6.07, 6.45) is -0.127. The van der Waals surface area contributed by atoms with Crippen molar-refractivity contribution in [3.05, 3.63) is 83.2 Å². The molecule has 3 aromatic carbocycles. The maximum atomic E-state index is 14.8. The molecule has 30 heavy (non-hydrogen) atoms. The van der Waals surface area contributed by atoms with Crippen molar-refractivity contribution < 1.29 is 23.8 Å². The molecule has 0 aromatic heterocycles. The van der Waals surface area contributed by atoms with Gasteiger partial charge in [0, 0.05) is 23.2 Å². The van der Waals surface area contributed by atoms with Crippen LogP contribution in [0.2, 0.25) is 0 Å². The van der Waals surface area contributed by atoms with E-state index in [0.29, 0.717) is 40.4 Å². The Hall–Kier alpha value is -3.38. The lowest BCUT2D eigenvalue weighted by atomic mass is 9.99. The SMILES string of the molecule is CCOc1cc(COc2ccccc2CC(=O)O)cc(-c2cccc(CN)c2F)c1. The van der Waals surface area contributed by atoms with Crippen LogP contribution in [-0.4, -0.2) is 17.7 Å². The smallest absolute Gasteiger partial charge is 0.307 e. The van der Waals surface area contributed by atoms with Crippen molar-refractivity contribution in [1.82, 2.24) is 0 Å². The summed E-state index contributed by atoms with van der Waals surface area (Å²) in [7, 11) is 0. The van der Waals surface area contributed by atoms with E-state index in [1.165, 1.54) is 0 Å². The van der Waals surface area contributed by atoms with Crippen molar-refractivity contribution in [1.29, 1.82) is 0 Å². The van der Waals surface area contributed by atoms with Crippen LogP contribution in [0.3, 0.4) is 0 Å². The molecule has 0 aliphatic heterocycles. The van der Waals surface area contributed by atoms with Gasteiger partial charge in [-0.15, -0.1) is 0 Å². The lowest BCUT2D eigenvalue weighted by Gasteiger charge is -2.14. The molecule has 3 N–H and O–H groups in total. The molecule has 0 heterocycles. The fourth-order valence-electron chi connectivity index (χ4n) is 3.22. The number of para-hydroxylation sites is 1.